The number of nitrogens with one attached hydrogen (secondary N) is 1. The second-order valence-electron chi connectivity index (χ2n) is 7.14. The molecule has 154 valence electrons. The van der Waals surface area contributed by atoms with Crippen molar-refractivity contribution in [2.75, 3.05) is 12.3 Å². The van der Waals surface area contributed by atoms with Crippen LogP contribution in [0.3, 0.4) is 0 Å². The van der Waals surface area contributed by atoms with Crippen LogP contribution in [0.2, 0.25) is 0 Å². The maximum Gasteiger partial charge on any atom is 0.167 e. The lowest BCUT2D eigenvalue weighted by molar-refractivity contribution is 0.628. The summed E-state index contributed by atoms with van der Waals surface area (Å²) < 4.78 is 17.3. The fourth-order valence-electron chi connectivity index (χ4n) is 3.15. The zero-order valence-corrected chi connectivity index (χ0v) is 17.9. The van der Waals surface area contributed by atoms with Crippen molar-refractivity contribution in [3.8, 4) is 16.9 Å². The average Bonchev–Trinajstić information content (AvgIpc) is 3.35. The van der Waals surface area contributed by atoms with Crippen molar-refractivity contribution in [2.24, 2.45) is 7.05 Å². The Morgan fingerprint density at radius 1 is 1.07 bits per heavy atom. The van der Waals surface area contributed by atoms with Crippen molar-refractivity contribution < 1.29 is 4.39 Å². The highest BCUT2D eigenvalue weighted by Gasteiger charge is 2.12. The highest BCUT2D eigenvalue weighted by atomic mass is 32.2. The van der Waals surface area contributed by atoms with Crippen LogP contribution in [-0.4, -0.2) is 31.6 Å². The molecule has 0 fully saturated rings. The zero-order valence-electron chi connectivity index (χ0n) is 17.0. The van der Waals surface area contributed by atoms with E-state index in [4.69, 9.17) is 5.10 Å². The van der Waals surface area contributed by atoms with Crippen molar-refractivity contribution in [3.05, 3.63) is 84.1 Å². The minimum absolute atomic E-state index is 0.247. The first-order valence-corrected chi connectivity index (χ1v) is 10.8. The number of nitrogens with zero attached hydrogens (tertiary/aromatic N) is 4. The molecule has 0 radical (unpaired) electrons. The number of aryl methyl sites for hydroxylation is 2. The van der Waals surface area contributed by atoms with Gasteiger partial charge in [-0.25, -0.2) is 14.1 Å². The molecule has 0 atom stereocenters. The van der Waals surface area contributed by atoms with Gasteiger partial charge < -0.3 is 9.88 Å². The molecule has 4 rings (SSSR count). The maximum atomic E-state index is 13.4. The second kappa shape index (κ2) is 9.28. The van der Waals surface area contributed by atoms with Gasteiger partial charge in [-0.1, -0.05) is 29.5 Å². The minimum atomic E-state index is -0.247. The van der Waals surface area contributed by atoms with Gasteiger partial charge in [0.05, 0.1) is 11.4 Å². The Kier molecular flexibility index (Phi) is 6.30. The Bertz CT molecular complexity index is 1100. The number of imidazole rings is 1. The van der Waals surface area contributed by atoms with Crippen molar-refractivity contribution in [2.45, 2.75) is 18.6 Å². The highest BCUT2D eigenvalue weighted by Crippen LogP contribution is 2.24. The lowest BCUT2D eigenvalue weighted by atomic mass is 10.1. The number of halogens is 1. The van der Waals surface area contributed by atoms with Crippen molar-refractivity contribution in [3.63, 3.8) is 0 Å². The molecule has 0 aliphatic carbocycles. The number of benzene rings is 2. The molecule has 0 aliphatic rings. The van der Waals surface area contributed by atoms with E-state index in [0.29, 0.717) is 6.54 Å². The summed E-state index contributed by atoms with van der Waals surface area (Å²) in [5.41, 5.74) is 5.04. The van der Waals surface area contributed by atoms with E-state index in [2.05, 4.69) is 41.5 Å². The van der Waals surface area contributed by atoms with Crippen LogP contribution < -0.4 is 5.32 Å². The van der Waals surface area contributed by atoms with E-state index >= 15 is 0 Å². The number of rotatable bonds is 8. The van der Waals surface area contributed by atoms with E-state index in [1.165, 1.54) is 17.7 Å². The molecular formula is C23H24FN5S. The van der Waals surface area contributed by atoms with Crippen LogP contribution in [-0.2, 0) is 13.6 Å². The van der Waals surface area contributed by atoms with E-state index in [1.54, 1.807) is 23.9 Å². The van der Waals surface area contributed by atoms with Crippen LogP contribution in [0.1, 0.15) is 11.1 Å². The molecule has 2 aromatic heterocycles. The monoisotopic (exact) mass is 421 g/mol. The predicted molar refractivity (Wildman–Crippen MR) is 119 cm³/mol. The summed E-state index contributed by atoms with van der Waals surface area (Å²) >= 11 is 1.72. The molecule has 2 aromatic carbocycles. The van der Waals surface area contributed by atoms with Crippen molar-refractivity contribution in [1.82, 2.24) is 24.6 Å². The molecule has 0 spiro atoms. The van der Waals surface area contributed by atoms with E-state index in [9.17, 15) is 4.39 Å². The first-order chi connectivity index (χ1) is 14.6. The van der Waals surface area contributed by atoms with Crippen LogP contribution >= 0.6 is 11.8 Å². The Labute approximate surface area is 180 Å². The Balaban J connectivity index is 1.49. The third-order valence-electron chi connectivity index (χ3n) is 4.81. The molecule has 0 unspecified atom stereocenters. The lowest BCUT2D eigenvalue weighted by Gasteiger charge is -2.05. The number of thioether (sulfide) groups is 1. The molecule has 5 nitrogen and oxygen atoms in total. The van der Waals surface area contributed by atoms with Gasteiger partial charge in [0.25, 0.3) is 0 Å². The maximum absolute atomic E-state index is 13.4. The van der Waals surface area contributed by atoms with Crippen LogP contribution in [0.15, 0.2) is 72.3 Å². The van der Waals surface area contributed by atoms with Gasteiger partial charge in [0.15, 0.2) is 5.16 Å². The largest absolute Gasteiger partial charge is 0.329 e. The van der Waals surface area contributed by atoms with E-state index in [1.807, 2.05) is 34.9 Å². The van der Waals surface area contributed by atoms with Gasteiger partial charge in [0, 0.05) is 55.6 Å². The SMILES string of the molecule is Cc1ccc(-n2cc(CNCCSc3nccn3C)c(-c3ccc(F)cc3)n2)cc1. The van der Waals surface area contributed by atoms with Gasteiger partial charge in [0.2, 0.25) is 0 Å². The summed E-state index contributed by atoms with van der Waals surface area (Å²) in [5.74, 6) is 0.672. The molecule has 2 heterocycles. The van der Waals surface area contributed by atoms with Gasteiger partial charge in [0.1, 0.15) is 5.82 Å². The molecule has 0 bridgehead atoms. The van der Waals surface area contributed by atoms with Crippen LogP contribution in [0.4, 0.5) is 4.39 Å². The minimum Gasteiger partial charge on any atom is -0.329 e. The standard InChI is InChI=1S/C23H24FN5S/c1-17-3-9-21(10-4-17)29-16-19(22(27-29)18-5-7-20(24)8-6-18)15-25-12-14-30-23-26-11-13-28(23)2/h3-11,13,16,25H,12,14-15H2,1-2H3. The Hall–Kier alpha value is -2.90. The fraction of sp³-hybridized carbons (Fsp3) is 0.217. The summed E-state index contributed by atoms with van der Waals surface area (Å²) in [7, 11) is 2.00. The first kappa shape index (κ1) is 20.4. The summed E-state index contributed by atoms with van der Waals surface area (Å²) in [5, 5.41) is 9.30. The fourth-order valence-corrected chi connectivity index (χ4v) is 3.98. The molecule has 0 saturated heterocycles. The molecule has 0 aliphatic heterocycles. The van der Waals surface area contributed by atoms with Crippen molar-refractivity contribution >= 4 is 11.8 Å². The first-order valence-electron chi connectivity index (χ1n) is 9.82. The average molecular weight is 422 g/mol. The third kappa shape index (κ3) is 4.80. The molecule has 0 saturated carbocycles. The quantitative estimate of drug-likeness (QED) is 0.334. The van der Waals surface area contributed by atoms with Gasteiger partial charge in [-0.2, -0.15) is 5.10 Å². The van der Waals surface area contributed by atoms with Gasteiger partial charge >= 0.3 is 0 Å². The number of hydrogen-bond acceptors (Lipinski definition) is 4. The van der Waals surface area contributed by atoms with Crippen molar-refractivity contribution in [1.29, 1.82) is 0 Å². The number of hydrogen-bond donors (Lipinski definition) is 1. The summed E-state index contributed by atoms with van der Waals surface area (Å²) in [6.45, 7) is 3.59. The Morgan fingerprint density at radius 3 is 2.53 bits per heavy atom. The van der Waals surface area contributed by atoms with Crippen LogP contribution in [0.5, 0.6) is 0 Å². The van der Waals surface area contributed by atoms with Gasteiger partial charge in [-0.05, 0) is 43.3 Å². The molecule has 4 aromatic rings. The second-order valence-corrected chi connectivity index (χ2v) is 8.20. The zero-order chi connectivity index (χ0) is 20.9. The normalized spacial score (nSPS) is 11.2. The highest BCUT2D eigenvalue weighted by molar-refractivity contribution is 7.99. The van der Waals surface area contributed by atoms with Gasteiger partial charge in [-0.15, -0.1) is 0 Å². The summed E-state index contributed by atoms with van der Waals surface area (Å²) in [4.78, 5) is 4.33. The third-order valence-corrected chi connectivity index (χ3v) is 5.87. The number of aromatic nitrogens is 4. The molecule has 1 N–H and O–H groups in total. The van der Waals surface area contributed by atoms with Gasteiger partial charge in [-0.3, -0.25) is 0 Å². The van der Waals surface area contributed by atoms with Crippen LogP contribution in [0, 0.1) is 12.7 Å². The molecule has 0 amide bonds. The van der Waals surface area contributed by atoms with Crippen LogP contribution in [0.25, 0.3) is 16.9 Å². The topological polar surface area (TPSA) is 47.7 Å². The van der Waals surface area contributed by atoms with E-state index < -0.39 is 0 Å². The molecule has 30 heavy (non-hydrogen) atoms. The van der Waals surface area contributed by atoms with E-state index in [-0.39, 0.29) is 5.82 Å². The van der Waals surface area contributed by atoms with E-state index in [0.717, 1.165) is 40.0 Å². The Morgan fingerprint density at radius 2 is 1.83 bits per heavy atom. The molecule has 7 heteroatoms. The smallest absolute Gasteiger partial charge is 0.167 e. The summed E-state index contributed by atoms with van der Waals surface area (Å²) in [6, 6.07) is 14.7. The summed E-state index contributed by atoms with van der Waals surface area (Å²) in [6.07, 6.45) is 5.80. The molecular weight excluding hydrogens is 397 g/mol. The predicted octanol–water partition coefficient (Wildman–Crippen LogP) is 4.60. The lowest BCUT2D eigenvalue weighted by Crippen LogP contribution is -2.17.